The summed E-state index contributed by atoms with van der Waals surface area (Å²) in [7, 11) is 1.82. The number of hydrogen-bond donors (Lipinski definition) is 1. The number of aryl methyl sites for hydroxylation is 2. The molecule has 1 fully saturated rings. The van der Waals surface area contributed by atoms with Crippen LogP contribution < -0.4 is 5.32 Å². The largest absolute Gasteiger partial charge is 0.389 e. The quantitative estimate of drug-likeness (QED) is 0.278. The van der Waals surface area contributed by atoms with Gasteiger partial charge in [-0.05, 0) is 68.5 Å². The maximum Gasteiger partial charge on any atom is 0.389 e. The van der Waals surface area contributed by atoms with Crippen molar-refractivity contribution in [3.63, 3.8) is 0 Å². The number of hydrogen-bond acceptors (Lipinski definition) is 6. The molecule has 0 bridgehead atoms. The maximum atomic E-state index is 12.5. The Labute approximate surface area is 262 Å². The van der Waals surface area contributed by atoms with E-state index in [0.29, 0.717) is 30.7 Å². The summed E-state index contributed by atoms with van der Waals surface area (Å²) in [5.41, 5.74) is 7.03. The van der Waals surface area contributed by atoms with Crippen molar-refractivity contribution in [1.82, 2.24) is 29.5 Å². The highest BCUT2D eigenvalue weighted by atomic mass is 19.4. The molecule has 11 heteroatoms. The van der Waals surface area contributed by atoms with E-state index < -0.39 is 24.9 Å². The van der Waals surface area contributed by atoms with E-state index in [-0.39, 0.29) is 6.54 Å². The van der Waals surface area contributed by atoms with Gasteiger partial charge in [0.2, 0.25) is 11.9 Å². The van der Waals surface area contributed by atoms with Crippen LogP contribution in [0.15, 0.2) is 66.8 Å². The van der Waals surface area contributed by atoms with E-state index in [0.717, 1.165) is 59.7 Å². The van der Waals surface area contributed by atoms with Gasteiger partial charge in [-0.2, -0.15) is 18.2 Å². The van der Waals surface area contributed by atoms with Gasteiger partial charge in [0.25, 0.3) is 0 Å². The fraction of sp³-hybridized carbons (Fsp3) is 0.412. The lowest BCUT2D eigenvalue weighted by Gasteiger charge is -2.34. The van der Waals surface area contributed by atoms with Gasteiger partial charge >= 0.3 is 6.18 Å². The number of anilines is 2. The van der Waals surface area contributed by atoms with Crippen molar-refractivity contribution in [2.75, 3.05) is 31.5 Å². The Hall–Kier alpha value is -4.41. The highest BCUT2D eigenvalue weighted by Gasteiger charge is 2.30. The number of amides is 1. The number of nitrogens with one attached hydrogen (secondary N) is 1. The van der Waals surface area contributed by atoms with Gasteiger partial charge in [0.05, 0.1) is 6.42 Å². The minimum Gasteiger partial charge on any atom is -0.371 e. The summed E-state index contributed by atoms with van der Waals surface area (Å²) in [6.07, 6.45) is 0.493. The fourth-order valence-corrected chi connectivity index (χ4v) is 5.97. The van der Waals surface area contributed by atoms with Crippen molar-refractivity contribution in [3.8, 4) is 0 Å². The molecule has 0 spiro atoms. The Kier molecular flexibility index (Phi) is 9.74. The highest BCUT2D eigenvalue weighted by Crippen LogP contribution is 2.32. The number of nitrogens with zero attached hydrogens (tertiary/aromatic N) is 6. The zero-order valence-corrected chi connectivity index (χ0v) is 26.1. The first kappa shape index (κ1) is 32.0. The monoisotopic (exact) mass is 619 g/mol. The number of allylic oxidation sites excluding steroid dienone is 2. The first-order valence-corrected chi connectivity index (χ1v) is 15.4. The predicted molar refractivity (Wildman–Crippen MR) is 171 cm³/mol. The third kappa shape index (κ3) is 8.01. The molecular weight excluding hydrogens is 579 g/mol. The Morgan fingerprint density at radius 2 is 1.80 bits per heavy atom. The number of benzene rings is 1. The van der Waals surface area contributed by atoms with E-state index in [9.17, 15) is 18.0 Å². The molecule has 0 unspecified atom stereocenters. The lowest BCUT2D eigenvalue weighted by molar-refractivity contribution is -0.148. The molecule has 45 heavy (non-hydrogen) atoms. The number of pyridine rings is 1. The molecule has 0 saturated carbocycles. The van der Waals surface area contributed by atoms with Crippen LogP contribution in [0.1, 0.15) is 67.7 Å². The van der Waals surface area contributed by atoms with E-state index in [2.05, 4.69) is 46.2 Å². The highest BCUT2D eigenvalue weighted by molar-refractivity contribution is 5.79. The van der Waals surface area contributed by atoms with Gasteiger partial charge in [0, 0.05) is 73.9 Å². The van der Waals surface area contributed by atoms with E-state index in [1.54, 1.807) is 4.68 Å². The number of piperidine rings is 1. The number of carbonyl (C=O) groups is 1. The topological polar surface area (TPSA) is 79.2 Å². The fourth-order valence-electron chi connectivity index (χ4n) is 5.97. The average Bonchev–Trinajstić information content (AvgIpc) is 3.39. The van der Waals surface area contributed by atoms with Crippen LogP contribution in [-0.2, 0) is 11.8 Å². The van der Waals surface area contributed by atoms with Gasteiger partial charge in [-0.25, -0.2) is 4.68 Å². The summed E-state index contributed by atoms with van der Waals surface area (Å²) >= 11 is 0. The second-order valence-electron chi connectivity index (χ2n) is 11.6. The minimum atomic E-state index is -4.34. The normalized spacial score (nSPS) is 16.5. The number of alkyl halides is 3. The van der Waals surface area contributed by atoms with Crippen LogP contribution in [0.3, 0.4) is 0 Å². The summed E-state index contributed by atoms with van der Waals surface area (Å²) in [6.45, 7) is 10.8. The molecule has 3 aromatic rings. The van der Waals surface area contributed by atoms with Crippen molar-refractivity contribution in [2.24, 2.45) is 7.05 Å². The number of aromatic nitrogens is 4. The zero-order chi connectivity index (χ0) is 32.1. The third-order valence-electron chi connectivity index (χ3n) is 8.50. The second-order valence-corrected chi connectivity index (χ2v) is 11.6. The molecular formula is C34H40F3N7O. The molecule has 5 rings (SSSR count). The lowest BCUT2D eigenvalue weighted by atomic mass is 9.92. The van der Waals surface area contributed by atoms with Crippen molar-refractivity contribution >= 4 is 28.8 Å². The summed E-state index contributed by atoms with van der Waals surface area (Å²) in [6, 6.07) is 14.3. The van der Waals surface area contributed by atoms with Gasteiger partial charge in [-0.3, -0.25) is 9.78 Å². The van der Waals surface area contributed by atoms with E-state index in [1.165, 1.54) is 10.6 Å². The molecule has 1 N–H and O–H groups in total. The van der Waals surface area contributed by atoms with Gasteiger partial charge in [0.1, 0.15) is 0 Å². The van der Waals surface area contributed by atoms with Crippen LogP contribution in [0.4, 0.5) is 24.8 Å². The molecule has 238 valence electrons. The maximum absolute atomic E-state index is 12.5. The smallest absolute Gasteiger partial charge is 0.371 e. The second kappa shape index (κ2) is 13.7. The molecule has 0 aliphatic carbocycles. The molecule has 2 aromatic heterocycles. The molecule has 1 aromatic carbocycles. The van der Waals surface area contributed by atoms with Crippen LogP contribution in [0.2, 0.25) is 0 Å². The summed E-state index contributed by atoms with van der Waals surface area (Å²) in [5, 5.41) is 7.84. The summed E-state index contributed by atoms with van der Waals surface area (Å²) in [4.78, 5) is 25.5. The Morgan fingerprint density at radius 1 is 1.07 bits per heavy atom. The Bertz CT molecular complexity index is 1580. The molecule has 0 atom stereocenters. The van der Waals surface area contributed by atoms with Gasteiger partial charge in [-0.15, -0.1) is 5.10 Å². The molecule has 4 heterocycles. The van der Waals surface area contributed by atoms with Crippen LogP contribution >= 0.6 is 0 Å². The zero-order valence-electron chi connectivity index (χ0n) is 26.1. The van der Waals surface area contributed by atoms with Crippen LogP contribution in [-0.4, -0.2) is 67.8 Å². The van der Waals surface area contributed by atoms with Crippen LogP contribution in [0, 0.1) is 6.92 Å². The van der Waals surface area contributed by atoms with E-state index in [1.807, 2.05) is 51.2 Å². The SMILES string of the molecule is C=C(c1ccc(Nc2nc(C(=CC)C3=CCN(C(=O)CCC(F)(F)F)CC3)n(C)n2)cc1)N1CCC(c2cccc(C)n2)CC1. The lowest BCUT2D eigenvalue weighted by Crippen LogP contribution is -2.35. The molecule has 2 aliphatic heterocycles. The first-order chi connectivity index (χ1) is 21.5. The summed E-state index contributed by atoms with van der Waals surface area (Å²) in [5.74, 6) is 1.11. The number of carbonyl (C=O) groups excluding carboxylic acids is 1. The average molecular weight is 620 g/mol. The van der Waals surface area contributed by atoms with E-state index in [4.69, 9.17) is 9.97 Å². The molecule has 0 radical (unpaired) electrons. The van der Waals surface area contributed by atoms with Crippen molar-refractivity contribution in [1.29, 1.82) is 0 Å². The van der Waals surface area contributed by atoms with Crippen LogP contribution in [0.5, 0.6) is 0 Å². The molecule has 1 saturated heterocycles. The number of rotatable bonds is 9. The standard InChI is InChI=1S/C34H40F3N7O/c1-5-29(26-14-21-44(22-15-26)31(45)13-18-34(35,36)37)32-40-33(41-42(32)4)39-28-11-9-25(10-12-28)24(3)43-19-16-27(17-20-43)30-8-6-7-23(2)38-30/h5-12,14,27H,3,13,15-22H2,1-2,4H3,(H,39,41). The minimum absolute atomic E-state index is 0.270. The molecule has 8 nitrogen and oxygen atoms in total. The number of halogens is 3. The van der Waals surface area contributed by atoms with Crippen molar-refractivity contribution in [2.45, 2.75) is 58.0 Å². The van der Waals surface area contributed by atoms with Gasteiger partial charge < -0.3 is 15.1 Å². The number of likely N-dealkylation sites (tertiary alicyclic amines) is 1. The van der Waals surface area contributed by atoms with E-state index >= 15 is 0 Å². The predicted octanol–water partition coefficient (Wildman–Crippen LogP) is 7.02. The molecule has 1 amide bonds. The first-order valence-electron chi connectivity index (χ1n) is 15.4. The van der Waals surface area contributed by atoms with Crippen molar-refractivity contribution < 1.29 is 18.0 Å². The Morgan fingerprint density at radius 3 is 2.42 bits per heavy atom. The summed E-state index contributed by atoms with van der Waals surface area (Å²) < 4.78 is 39.3. The third-order valence-corrected chi connectivity index (χ3v) is 8.50. The van der Waals surface area contributed by atoms with Gasteiger partial charge in [0.15, 0.2) is 5.82 Å². The Balaban J connectivity index is 1.17. The van der Waals surface area contributed by atoms with Crippen LogP contribution in [0.25, 0.3) is 11.3 Å². The molecule has 2 aliphatic rings. The van der Waals surface area contributed by atoms with Crippen molar-refractivity contribution in [3.05, 3.63) is 89.5 Å². The van der Waals surface area contributed by atoms with Gasteiger partial charge in [-0.1, -0.05) is 36.9 Å².